The Morgan fingerprint density at radius 1 is 1.43 bits per heavy atom. The molecule has 1 aliphatic rings. The molecule has 0 aliphatic carbocycles. The van der Waals surface area contributed by atoms with Crippen LogP contribution in [0.2, 0.25) is 0 Å². The van der Waals surface area contributed by atoms with Gasteiger partial charge in [0.25, 0.3) is 5.91 Å². The van der Waals surface area contributed by atoms with Crippen LogP contribution in [0.3, 0.4) is 0 Å². The Labute approximate surface area is 140 Å². The van der Waals surface area contributed by atoms with Crippen molar-refractivity contribution in [3.05, 3.63) is 34.7 Å². The quantitative estimate of drug-likeness (QED) is 0.879. The Balaban J connectivity index is 1.68. The lowest BCUT2D eigenvalue weighted by Gasteiger charge is -2.33. The van der Waals surface area contributed by atoms with Gasteiger partial charge in [0, 0.05) is 6.54 Å². The van der Waals surface area contributed by atoms with Crippen LogP contribution in [0.1, 0.15) is 53.4 Å². The fourth-order valence-corrected chi connectivity index (χ4v) is 3.67. The van der Waals surface area contributed by atoms with E-state index in [-0.39, 0.29) is 11.9 Å². The summed E-state index contributed by atoms with van der Waals surface area (Å²) in [6.45, 7) is 4.60. The maximum absolute atomic E-state index is 12.4. The molecule has 0 saturated carbocycles. The molecule has 0 unspecified atom stereocenters. The minimum absolute atomic E-state index is 0.0835. The average Bonchev–Trinajstić information content (AvgIpc) is 3.27. The van der Waals surface area contributed by atoms with E-state index in [0.29, 0.717) is 17.8 Å². The molecule has 2 aromatic heterocycles. The van der Waals surface area contributed by atoms with Gasteiger partial charge in [-0.2, -0.15) is 0 Å². The van der Waals surface area contributed by atoms with E-state index in [0.717, 1.165) is 36.1 Å². The van der Waals surface area contributed by atoms with Crippen LogP contribution in [0, 0.1) is 0 Å². The van der Waals surface area contributed by atoms with Gasteiger partial charge < -0.3 is 9.73 Å². The molecule has 0 radical (unpaired) electrons. The Hall–Kier alpha value is -1.73. The van der Waals surface area contributed by atoms with E-state index in [4.69, 9.17) is 4.42 Å². The number of rotatable bonds is 6. The number of nitrogens with one attached hydrogen (secondary N) is 1. The van der Waals surface area contributed by atoms with Crippen molar-refractivity contribution in [2.45, 2.75) is 38.6 Å². The van der Waals surface area contributed by atoms with Gasteiger partial charge in [-0.1, -0.05) is 17.8 Å². The zero-order valence-electron chi connectivity index (χ0n) is 13.3. The third-order valence-electron chi connectivity index (χ3n) is 4.26. The number of carbonyl (C=O) groups is 1. The summed E-state index contributed by atoms with van der Waals surface area (Å²) in [6, 6.07) is 3.97. The predicted octanol–water partition coefficient (Wildman–Crippen LogP) is 2.65. The molecule has 124 valence electrons. The van der Waals surface area contributed by atoms with E-state index in [9.17, 15) is 4.79 Å². The number of hydrogen-bond acceptors (Lipinski definition) is 6. The second kappa shape index (κ2) is 7.70. The third kappa shape index (κ3) is 3.79. The van der Waals surface area contributed by atoms with Crippen LogP contribution in [0.25, 0.3) is 0 Å². The largest absolute Gasteiger partial charge is 0.468 e. The van der Waals surface area contributed by atoms with Crippen molar-refractivity contribution in [2.75, 3.05) is 19.6 Å². The van der Waals surface area contributed by atoms with Crippen molar-refractivity contribution >= 4 is 17.4 Å². The number of hydrogen-bond donors (Lipinski definition) is 1. The molecule has 1 amide bonds. The number of piperidine rings is 1. The van der Waals surface area contributed by atoms with Crippen LogP contribution >= 0.6 is 11.5 Å². The van der Waals surface area contributed by atoms with Gasteiger partial charge in [0.1, 0.15) is 10.6 Å². The Kier molecular flexibility index (Phi) is 5.40. The number of aromatic nitrogens is 2. The predicted molar refractivity (Wildman–Crippen MR) is 88.5 cm³/mol. The lowest BCUT2D eigenvalue weighted by molar-refractivity contribution is 0.0917. The summed E-state index contributed by atoms with van der Waals surface area (Å²) in [5, 5.41) is 7.04. The molecule has 0 bridgehead atoms. The molecular weight excluding hydrogens is 312 g/mol. The smallest absolute Gasteiger partial charge is 0.265 e. The molecule has 7 heteroatoms. The van der Waals surface area contributed by atoms with Gasteiger partial charge in [-0.3, -0.25) is 9.69 Å². The standard InChI is InChI=1S/C16H22N4O2S/c1-2-12-15(23-19-18-12)16(21)17-11-13(14-7-6-10-22-14)20-8-4-3-5-9-20/h6-7,10,13H,2-5,8-9,11H2,1H3,(H,17,21)/t13-/m1/s1. The molecule has 1 saturated heterocycles. The van der Waals surface area contributed by atoms with Gasteiger partial charge >= 0.3 is 0 Å². The highest BCUT2D eigenvalue weighted by Crippen LogP contribution is 2.24. The summed E-state index contributed by atoms with van der Waals surface area (Å²) in [4.78, 5) is 15.4. The second-order valence-corrected chi connectivity index (χ2v) is 6.49. The van der Waals surface area contributed by atoms with E-state index in [2.05, 4.69) is 19.8 Å². The van der Waals surface area contributed by atoms with Crippen LogP contribution < -0.4 is 5.32 Å². The van der Waals surface area contributed by atoms with Crippen molar-refractivity contribution in [1.29, 1.82) is 0 Å². The van der Waals surface area contributed by atoms with Gasteiger partial charge in [-0.25, -0.2) is 0 Å². The summed E-state index contributed by atoms with van der Waals surface area (Å²) in [5.74, 6) is 0.816. The first kappa shape index (κ1) is 16.1. The van der Waals surface area contributed by atoms with Gasteiger partial charge in [0.2, 0.25) is 0 Å². The molecule has 1 N–H and O–H groups in total. The molecule has 1 atom stereocenters. The number of carbonyl (C=O) groups excluding carboxylic acids is 1. The first-order chi connectivity index (χ1) is 11.3. The van der Waals surface area contributed by atoms with Crippen LogP contribution in [0.4, 0.5) is 0 Å². The van der Waals surface area contributed by atoms with Gasteiger partial charge in [0.15, 0.2) is 0 Å². The third-order valence-corrected chi connectivity index (χ3v) is 5.02. The maximum Gasteiger partial charge on any atom is 0.265 e. The summed E-state index contributed by atoms with van der Waals surface area (Å²) in [6.07, 6.45) is 6.08. The maximum atomic E-state index is 12.4. The van der Waals surface area contributed by atoms with Crippen molar-refractivity contribution in [2.24, 2.45) is 0 Å². The molecule has 0 aromatic carbocycles. The van der Waals surface area contributed by atoms with Crippen LogP contribution in [0.5, 0.6) is 0 Å². The number of furan rings is 1. The Morgan fingerprint density at radius 2 is 2.26 bits per heavy atom. The highest BCUT2D eigenvalue weighted by molar-refractivity contribution is 7.08. The molecule has 1 aliphatic heterocycles. The number of aryl methyl sites for hydroxylation is 1. The van der Waals surface area contributed by atoms with Crippen molar-refractivity contribution in [3.63, 3.8) is 0 Å². The van der Waals surface area contributed by atoms with Gasteiger partial charge in [0.05, 0.1) is 18.0 Å². The van der Waals surface area contributed by atoms with E-state index in [1.807, 2.05) is 19.1 Å². The molecule has 3 rings (SSSR count). The van der Waals surface area contributed by atoms with Crippen molar-refractivity contribution < 1.29 is 9.21 Å². The minimum Gasteiger partial charge on any atom is -0.468 e. The summed E-state index contributed by atoms with van der Waals surface area (Å²) in [7, 11) is 0. The van der Waals surface area contributed by atoms with Crippen molar-refractivity contribution in [3.8, 4) is 0 Å². The SMILES string of the molecule is CCc1nnsc1C(=O)NC[C@H](c1ccco1)N1CCCCC1. The topological polar surface area (TPSA) is 71.3 Å². The lowest BCUT2D eigenvalue weighted by Crippen LogP contribution is -2.40. The molecule has 6 nitrogen and oxygen atoms in total. The molecule has 0 spiro atoms. The van der Waals surface area contributed by atoms with E-state index >= 15 is 0 Å². The molecule has 2 aromatic rings. The monoisotopic (exact) mass is 334 g/mol. The van der Waals surface area contributed by atoms with Crippen LogP contribution in [0.15, 0.2) is 22.8 Å². The van der Waals surface area contributed by atoms with E-state index in [1.165, 1.54) is 19.3 Å². The molecule has 3 heterocycles. The summed E-state index contributed by atoms with van der Waals surface area (Å²) < 4.78 is 9.48. The molecular formula is C16H22N4O2S. The Morgan fingerprint density at radius 3 is 2.96 bits per heavy atom. The fraction of sp³-hybridized carbons (Fsp3) is 0.562. The van der Waals surface area contributed by atoms with Crippen LogP contribution in [-0.2, 0) is 6.42 Å². The molecule has 1 fully saturated rings. The number of nitrogens with zero attached hydrogens (tertiary/aromatic N) is 3. The fourth-order valence-electron chi connectivity index (χ4n) is 3.00. The average molecular weight is 334 g/mol. The number of amides is 1. The normalized spacial score (nSPS) is 17.1. The zero-order valence-corrected chi connectivity index (χ0v) is 14.1. The molecule has 23 heavy (non-hydrogen) atoms. The van der Waals surface area contributed by atoms with Crippen molar-refractivity contribution in [1.82, 2.24) is 19.8 Å². The summed E-state index contributed by atoms with van der Waals surface area (Å²) in [5.41, 5.74) is 0.764. The lowest BCUT2D eigenvalue weighted by atomic mass is 10.1. The number of likely N-dealkylation sites (tertiary alicyclic amines) is 1. The van der Waals surface area contributed by atoms with Crippen LogP contribution in [-0.4, -0.2) is 40.0 Å². The minimum atomic E-state index is -0.0922. The van der Waals surface area contributed by atoms with E-state index < -0.39 is 0 Å². The Bertz CT molecular complexity index is 620. The summed E-state index contributed by atoms with van der Waals surface area (Å²) >= 11 is 1.16. The second-order valence-electron chi connectivity index (χ2n) is 5.74. The van der Waals surface area contributed by atoms with E-state index in [1.54, 1.807) is 6.26 Å². The zero-order chi connectivity index (χ0) is 16.1. The highest BCUT2D eigenvalue weighted by atomic mass is 32.1. The first-order valence-electron chi connectivity index (χ1n) is 8.16. The van der Waals surface area contributed by atoms with Gasteiger partial charge in [-0.05, 0) is 56.0 Å². The highest BCUT2D eigenvalue weighted by Gasteiger charge is 2.25. The first-order valence-corrected chi connectivity index (χ1v) is 8.93. The van der Waals surface area contributed by atoms with Gasteiger partial charge in [-0.15, -0.1) is 5.10 Å².